The molecule has 0 radical (unpaired) electrons. The molecule has 1 aromatic carbocycles. The van der Waals surface area contributed by atoms with E-state index in [4.69, 9.17) is 4.42 Å². The summed E-state index contributed by atoms with van der Waals surface area (Å²) >= 11 is 0. The third-order valence-corrected chi connectivity index (χ3v) is 4.99. The van der Waals surface area contributed by atoms with Gasteiger partial charge in [0.15, 0.2) is 5.76 Å². The van der Waals surface area contributed by atoms with Gasteiger partial charge in [0.25, 0.3) is 5.91 Å². The number of carbonyl (C=O) groups is 1. The first-order valence-electron chi connectivity index (χ1n) is 8.78. The van der Waals surface area contributed by atoms with E-state index in [9.17, 15) is 4.79 Å². The predicted molar refractivity (Wildman–Crippen MR) is 98.9 cm³/mol. The van der Waals surface area contributed by atoms with Gasteiger partial charge in [-0.15, -0.1) is 0 Å². The minimum atomic E-state index is -0.202. The minimum absolute atomic E-state index is 0.202. The first-order valence-corrected chi connectivity index (χ1v) is 8.78. The van der Waals surface area contributed by atoms with Crippen LogP contribution in [-0.2, 0) is 26.6 Å². The van der Waals surface area contributed by atoms with Gasteiger partial charge in [-0.2, -0.15) is 0 Å². The Hall–Kier alpha value is -3.02. The Labute approximate surface area is 152 Å². The summed E-state index contributed by atoms with van der Waals surface area (Å²) in [6.45, 7) is 3.28. The molecule has 0 aliphatic carbocycles. The summed E-state index contributed by atoms with van der Waals surface area (Å²) in [5.41, 5.74) is 4.43. The molecule has 1 aliphatic rings. The standard InChI is InChI=1S/C20H22N4O2/c1-14-9-15-5-3-4-6-18(15)24(14)12-16-7-8-26-19(16)20(25)22-11-17-10-21-13-23(17)2/h3-8,10,13-14H,9,11-12H2,1-2H3,(H,22,25). The normalized spacial score (nSPS) is 15.9. The number of imidazole rings is 1. The molecule has 1 unspecified atom stereocenters. The lowest BCUT2D eigenvalue weighted by molar-refractivity contribution is 0.0921. The summed E-state index contributed by atoms with van der Waals surface area (Å²) in [6, 6.07) is 10.7. The van der Waals surface area contributed by atoms with Crippen LogP contribution in [0.3, 0.4) is 0 Å². The van der Waals surface area contributed by atoms with Crippen molar-refractivity contribution < 1.29 is 9.21 Å². The van der Waals surface area contributed by atoms with Crippen LogP contribution in [-0.4, -0.2) is 21.5 Å². The number of hydrogen-bond acceptors (Lipinski definition) is 4. The summed E-state index contributed by atoms with van der Waals surface area (Å²) in [4.78, 5) is 19.0. The van der Waals surface area contributed by atoms with Gasteiger partial charge in [-0.3, -0.25) is 4.79 Å². The zero-order valence-electron chi connectivity index (χ0n) is 15.0. The number of nitrogens with zero attached hydrogens (tertiary/aromatic N) is 3. The van der Waals surface area contributed by atoms with Crippen molar-refractivity contribution in [2.75, 3.05) is 4.90 Å². The van der Waals surface area contributed by atoms with Crippen molar-refractivity contribution in [2.45, 2.75) is 32.5 Å². The highest BCUT2D eigenvalue weighted by Gasteiger charge is 2.27. The molecule has 3 heterocycles. The van der Waals surface area contributed by atoms with Crippen LogP contribution in [0.15, 0.2) is 53.5 Å². The number of para-hydroxylation sites is 1. The van der Waals surface area contributed by atoms with Crippen molar-refractivity contribution in [2.24, 2.45) is 7.05 Å². The molecule has 0 fully saturated rings. The Balaban J connectivity index is 1.49. The lowest BCUT2D eigenvalue weighted by Crippen LogP contribution is -2.30. The second-order valence-electron chi connectivity index (χ2n) is 6.76. The van der Waals surface area contributed by atoms with E-state index in [0.29, 0.717) is 24.9 Å². The van der Waals surface area contributed by atoms with Crippen molar-refractivity contribution >= 4 is 11.6 Å². The van der Waals surface area contributed by atoms with Gasteiger partial charge in [0, 0.05) is 37.1 Å². The fourth-order valence-corrected chi connectivity index (χ4v) is 3.52. The number of hydrogen-bond donors (Lipinski definition) is 1. The second-order valence-corrected chi connectivity index (χ2v) is 6.76. The zero-order valence-corrected chi connectivity index (χ0v) is 15.0. The summed E-state index contributed by atoms with van der Waals surface area (Å²) in [7, 11) is 1.90. The van der Waals surface area contributed by atoms with E-state index >= 15 is 0 Å². The van der Waals surface area contributed by atoms with Gasteiger partial charge in [-0.05, 0) is 31.0 Å². The fraction of sp³-hybridized carbons (Fsp3) is 0.300. The van der Waals surface area contributed by atoms with Gasteiger partial charge in [0.05, 0.1) is 24.8 Å². The van der Waals surface area contributed by atoms with E-state index in [1.165, 1.54) is 11.3 Å². The molecule has 134 valence electrons. The van der Waals surface area contributed by atoms with Crippen LogP contribution in [0.4, 0.5) is 5.69 Å². The molecular formula is C20H22N4O2. The molecule has 1 atom stereocenters. The third-order valence-electron chi connectivity index (χ3n) is 4.99. The Morgan fingerprint density at radius 1 is 1.35 bits per heavy atom. The maximum Gasteiger partial charge on any atom is 0.287 e. The zero-order chi connectivity index (χ0) is 18.1. The highest BCUT2D eigenvalue weighted by atomic mass is 16.3. The first-order chi connectivity index (χ1) is 12.6. The molecule has 4 rings (SSSR count). The number of furan rings is 1. The van der Waals surface area contributed by atoms with Crippen molar-refractivity contribution in [3.63, 3.8) is 0 Å². The van der Waals surface area contributed by atoms with Gasteiger partial charge in [-0.1, -0.05) is 18.2 Å². The second kappa shape index (κ2) is 6.71. The van der Waals surface area contributed by atoms with Crippen molar-refractivity contribution in [3.05, 3.63) is 71.7 Å². The van der Waals surface area contributed by atoms with E-state index in [-0.39, 0.29) is 5.91 Å². The molecule has 0 saturated heterocycles. The Morgan fingerprint density at radius 2 is 2.19 bits per heavy atom. The van der Waals surface area contributed by atoms with E-state index in [1.54, 1.807) is 18.8 Å². The van der Waals surface area contributed by atoms with E-state index in [1.807, 2.05) is 17.7 Å². The van der Waals surface area contributed by atoms with E-state index in [2.05, 4.69) is 46.4 Å². The maximum atomic E-state index is 12.6. The quantitative estimate of drug-likeness (QED) is 0.768. The van der Waals surface area contributed by atoms with Crippen LogP contribution in [0.2, 0.25) is 0 Å². The highest BCUT2D eigenvalue weighted by molar-refractivity contribution is 5.92. The number of carbonyl (C=O) groups excluding carboxylic acids is 1. The number of amides is 1. The highest BCUT2D eigenvalue weighted by Crippen LogP contribution is 2.33. The number of benzene rings is 1. The van der Waals surface area contributed by atoms with Crippen molar-refractivity contribution in [1.82, 2.24) is 14.9 Å². The molecule has 3 aromatic rings. The third kappa shape index (κ3) is 2.98. The van der Waals surface area contributed by atoms with E-state index < -0.39 is 0 Å². The molecule has 0 spiro atoms. The summed E-state index contributed by atoms with van der Waals surface area (Å²) < 4.78 is 7.38. The van der Waals surface area contributed by atoms with E-state index in [0.717, 1.165) is 17.7 Å². The van der Waals surface area contributed by atoms with Gasteiger partial charge in [-0.25, -0.2) is 4.98 Å². The summed E-state index contributed by atoms with van der Waals surface area (Å²) in [6.07, 6.45) is 6.06. The Morgan fingerprint density at radius 3 is 3.00 bits per heavy atom. The Kier molecular flexibility index (Phi) is 4.24. The van der Waals surface area contributed by atoms with Crippen LogP contribution < -0.4 is 10.2 Å². The molecule has 1 amide bonds. The number of aromatic nitrogens is 2. The van der Waals surface area contributed by atoms with Crippen LogP contribution in [0, 0.1) is 0 Å². The molecule has 6 nitrogen and oxygen atoms in total. The Bertz CT molecular complexity index is 927. The molecular weight excluding hydrogens is 328 g/mol. The lowest BCUT2D eigenvalue weighted by Gasteiger charge is -2.24. The average molecular weight is 350 g/mol. The number of nitrogens with one attached hydrogen (secondary N) is 1. The molecule has 0 bridgehead atoms. The largest absolute Gasteiger partial charge is 0.459 e. The smallest absolute Gasteiger partial charge is 0.287 e. The van der Waals surface area contributed by atoms with Crippen LogP contribution in [0.5, 0.6) is 0 Å². The molecule has 26 heavy (non-hydrogen) atoms. The summed E-state index contributed by atoms with van der Waals surface area (Å²) in [5.74, 6) is 0.176. The first kappa shape index (κ1) is 16.4. The molecule has 6 heteroatoms. The van der Waals surface area contributed by atoms with Crippen molar-refractivity contribution in [3.8, 4) is 0 Å². The van der Waals surface area contributed by atoms with Crippen LogP contribution >= 0.6 is 0 Å². The van der Waals surface area contributed by atoms with Crippen molar-refractivity contribution in [1.29, 1.82) is 0 Å². The average Bonchev–Trinajstić information content (AvgIpc) is 3.33. The molecule has 0 saturated carbocycles. The SMILES string of the molecule is CC1Cc2ccccc2N1Cc1ccoc1C(=O)NCc1cncn1C. The fourth-order valence-electron chi connectivity index (χ4n) is 3.52. The van der Waals surface area contributed by atoms with Gasteiger partial charge < -0.3 is 19.2 Å². The van der Waals surface area contributed by atoms with Gasteiger partial charge >= 0.3 is 0 Å². The molecule has 1 N–H and O–H groups in total. The van der Waals surface area contributed by atoms with Crippen LogP contribution in [0.1, 0.15) is 34.3 Å². The minimum Gasteiger partial charge on any atom is -0.459 e. The predicted octanol–water partition coefficient (Wildman–Crippen LogP) is 2.89. The number of anilines is 1. The monoisotopic (exact) mass is 350 g/mol. The number of rotatable bonds is 5. The number of aryl methyl sites for hydroxylation is 1. The topological polar surface area (TPSA) is 63.3 Å². The van der Waals surface area contributed by atoms with Crippen LogP contribution in [0.25, 0.3) is 0 Å². The summed E-state index contributed by atoms with van der Waals surface area (Å²) in [5, 5.41) is 2.91. The molecule has 2 aromatic heterocycles. The lowest BCUT2D eigenvalue weighted by atomic mass is 10.1. The number of fused-ring (bicyclic) bond motifs is 1. The molecule has 1 aliphatic heterocycles. The van der Waals surface area contributed by atoms with Gasteiger partial charge in [0.1, 0.15) is 0 Å². The maximum absolute atomic E-state index is 12.6. The van der Waals surface area contributed by atoms with Gasteiger partial charge in [0.2, 0.25) is 0 Å².